The van der Waals surface area contributed by atoms with Crippen molar-refractivity contribution in [3.05, 3.63) is 91.1 Å². The topological polar surface area (TPSA) is 124 Å². The fourth-order valence-electron chi connectivity index (χ4n) is 4.61. The first kappa shape index (κ1) is 27.0. The van der Waals surface area contributed by atoms with E-state index in [2.05, 4.69) is 16.0 Å². The molecule has 12 heteroatoms. The summed E-state index contributed by atoms with van der Waals surface area (Å²) in [5, 5.41) is 2.83. The number of hydrogen-bond acceptors (Lipinski definition) is 6. The van der Waals surface area contributed by atoms with Crippen LogP contribution in [0.2, 0.25) is 0 Å². The van der Waals surface area contributed by atoms with Crippen molar-refractivity contribution < 1.29 is 12.8 Å². The molecular weight excluding hydrogens is 537 g/mol. The van der Waals surface area contributed by atoms with E-state index in [-0.39, 0.29) is 45.6 Å². The molecule has 0 radical (unpaired) electrons. The first-order valence-electron chi connectivity index (χ1n) is 12.6. The molecule has 0 bridgehead atoms. The van der Waals surface area contributed by atoms with E-state index >= 15 is 0 Å². The molecule has 2 aromatic carbocycles. The Morgan fingerprint density at radius 3 is 2.48 bits per heavy atom. The van der Waals surface area contributed by atoms with Gasteiger partial charge in [-0.05, 0) is 55.7 Å². The second-order valence-electron chi connectivity index (χ2n) is 9.61. The zero-order chi connectivity index (χ0) is 28.8. The number of terminal acetylenes is 1. The summed E-state index contributed by atoms with van der Waals surface area (Å²) in [7, 11) is -2.21. The number of aryl methyl sites for hydroxylation is 1. The summed E-state index contributed by atoms with van der Waals surface area (Å²) in [6, 6.07) is 11.0. The summed E-state index contributed by atoms with van der Waals surface area (Å²) in [5.74, 6) is 1.57. The Hall–Kier alpha value is -4.63. The molecule has 10 nitrogen and oxygen atoms in total. The summed E-state index contributed by atoms with van der Waals surface area (Å²) in [4.78, 5) is 40.7. The highest BCUT2D eigenvalue weighted by molar-refractivity contribution is 7.92. The monoisotopic (exact) mass is 563 g/mol. The number of halogens is 1. The summed E-state index contributed by atoms with van der Waals surface area (Å²) < 4.78 is 45.6. The molecule has 0 spiro atoms. The van der Waals surface area contributed by atoms with E-state index in [1.165, 1.54) is 41.9 Å². The molecule has 1 aliphatic carbocycles. The fraction of sp³-hybridized carbons (Fsp3) is 0.250. The molecule has 0 atom stereocenters. The molecule has 5 rings (SSSR count). The molecule has 0 saturated heterocycles. The van der Waals surface area contributed by atoms with Crippen molar-refractivity contribution in [2.45, 2.75) is 32.2 Å². The molecule has 40 heavy (non-hydrogen) atoms. The maximum Gasteiger partial charge on any atom is 0.337 e. The van der Waals surface area contributed by atoms with Gasteiger partial charge in [0.2, 0.25) is 10.0 Å². The van der Waals surface area contributed by atoms with Crippen LogP contribution in [0, 0.1) is 18.2 Å². The highest BCUT2D eigenvalue weighted by atomic mass is 32.2. The van der Waals surface area contributed by atoms with Crippen LogP contribution in [0.5, 0.6) is 0 Å². The predicted molar refractivity (Wildman–Crippen MR) is 153 cm³/mol. The van der Waals surface area contributed by atoms with E-state index in [1.54, 1.807) is 19.1 Å². The van der Waals surface area contributed by atoms with Gasteiger partial charge in [-0.1, -0.05) is 18.9 Å². The van der Waals surface area contributed by atoms with Gasteiger partial charge in [0.25, 0.3) is 11.1 Å². The van der Waals surface area contributed by atoms with Gasteiger partial charge in [-0.3, -0.25) is 23.4 Å². The highest BCUT2D eigenvalue weighted by Crippen LogP contribution is 2.34. The summed E-state index contributed by atoms with van der Waals surface area (Å²) in [5.41, 5.74) is -1.14. The minimum Gasteiger partial charge on any atom is -0.352 e. The summed E-state index contributed by atoms with van der Waals surface area (Å²) in [6.45, 7) is 1.74. The normalized spacial score (nSPS) is 13.2. The fourth-order valence-corrected chi connectivity index (χ4v) is 5.73. The van der Waals surface area contributed by atoms with Crippen molar-refractivity contribution in [3.8, 4) is 18.0 Å². The van der Waals surface area contributed by atoms with Gasteiger partial charge in [-0.15, -0.1) is 6.42 Å². The quantitative estimate of drug-likeness (QED) is 0.318. The first-order chi connectivity index (χ1) is 19.0. The second kappa shape index (κ2) is 10.2. The largest absolute Gasteiger partial charge is 0.352 e. The molecule has 0 aliphatic heterocycles. The van der Waals surface area contributed by atoms with Crippen LogP contribution in [0.15, 0.2) is 62.9 Å². The maximum absolute atomic E-state index is 14.8. The number of hydrogen-bond donors (Lipinski definition) is 2. The Kier molecular flexibility index (Phi) is 6.85. The summed E-state index contributed by atoms with van der Waals surface area (Å²) in [6.07, 6.45) is 7.00. The van der Waals surface area contributed by atoms with Crippen LogP contribution in [0.3, 0.4) is 0 Å². The van der Waals surface area contributed by atoms with Gasteiger partial charge < -0.3 is 5.32 Å². The van der Waals surface area contributed by atoms with Gasteiger partial charge in [0.05, 0.1) is 28.5 Å². The van der Waals surface area contributed by atoms with Crippen LogP contribution in [-0.4, -0.2) is 27.9 Å². The number of anilines is 3. The average Bonchev–Trinajstić information content (AvgIpc) is 3.73. The average molecular weight is 564 g/mol. The lowest BCUT2D eigenvalue weighted by molar-refractivity contribution is 0.600. The van der Waals surface area contributed by atoms with E-state index < -0.39 is 32.6 Å². The van der Waals surface area contributed by atoms with Gasteiger partial charge >= 0.3 is 5.69 Å². The molecule has 0 amide bonds. The SMILES string of the molecule is C#Cc1ccc(Nc2cc(=O)n(C)c3c2c(=O)n(C2CC2)c(=O)n3-c2cccc(NS(=O)(=O)CCC)c2)c(F)c1. The van der Waals surface area contributed by atoms with Gasteiger partial charge in [0, 0.05) is 24.7 Å². The molecule has 2 aromatic heterocycles. The highest BCUT2D eigenvalue weighted by Gasteiger charge is 2.31. The third kappa shape index (κ3) is 4.91. The molecule has 1 aliphatic rings. The zero-order valence-electron chi connectivity index (χ0n) is 21.8. The number of aromatic nitrogens is 3. The maximum atomic E-state index is 14.8. The molecule has 2 heterocycles. The lowest BCUT2D eigenvalue weighted by Gasteiger charge is -2.19. The molecule has 4 aromatic rings. The first-order valence-corrected chi connectivity index (χ1v) is 14.2. The summed E-state index contributed by atoms with van der Waals surface area (Å²) >= 11 is 0. The number of pyridine rings is 1. The molecule has 2 N–H and O–H groups in total. The Balaban J connectivity index is 1.80. The van der Waals surface area contributed by atoms with Crippen LogP contribution < -0.4 is 26.8 Å². The Morgan fingerprint density at radius 2 is 1.82 bits per heavy atom. The van der Waals surface area contributed by atoms with Gasteiger partial charge in [0.1, 0.15) is 16.9 Å². The van der Waals surface area contributed by atoms with Crippen LogP contribution >= 0.6 is 0 Å². The van der Waals surface area contributed by atoms with Gasteiger partial charge in [0.15, 0.2) is 0 Å². The van der Waals surface area contributed by atoms with E-state index in [4.69, 9.17) is 6.42 Å². The number of benzene rings is 2. The van der Waals surface area contributed by atoms with E-state index in [9.17, 15) is 27.2 Å². The predicted octanol–water partition coefficient (Wildman–Crippen LogP) is 3.20. The molecule has 1 fully saturated rings. The third-order valence-corrected chi connectivity index (χ3v) is 8.11. The van der Waals surface area contributed by atoms with E-state index in [0.29, 0.717) is 24.8 Å². The molecule has 1 saturated carbocycles. The van der Waals surface area contributed by atoms with Gasteiger partial charge in [-0.2, -0.15) is 0 Å². The standard InChI is InChI=1S/C28H26FN5O5S/c1-4-13-40(38,39)31-18-7-6-8-20(15-18)33-26-25(27(36)34(28(33)37)19-10-11-19)23(16-24(35)32(26)3)30-22-12-9-17(5-2)14-21(22)29/h2,6-9,12,14-16,19,30-31H,4,10-11,13H2,1,3H3. The van der Waals surface area contributed by atoms with Crippen LogP contribution in [0.1, 0.15) is 37.8 Å². The Labute approximate surface area is 228 Å². The van der Waals surface area contributed by atoms with Crippen molar-refractivity contribution in [1.29, 1.82) is 0 Å². The second-order valence-corrected chi connectivity index (χ2v) is 11.5. The lowest BCUT2D eigenvalue weighted by atomic mass is 10.2. The van der Waals surface area contributed by atoms with Crippen LogP contribution in [-0.2, 0) is 17.1 Å². The number of sulfonamides is 1. The van der Waals surface area contributed by atoms with E-state index in [0.717, 1.165) is 15.2 Å². The minimum absolute atomic E-state index is 0.00834. The van der Waals surface area contributed by atoms with Crippen LogP contribution in [0.4, 0.5) is 21.5 Å². The van der Waals surface area contributed by atoms with Crippen LogP contribution in [0.25, 0.3) is 16.7 Å². The van der Waals surface area contributed by atoms with E-state index in [1.807, 2.05) is 0 Å². The van der Waals surface area contributed by atoms with Crippen molar-refractivity contribution in [1.82, 2.24) is 13.7 Å². The third-order valence-electron chi connectivity index (χ3n) is 6.62. The molecule has 0 unspecified atom stereocenters. The van der Waals surface area contributed by atoms with Crippen molar-refractivity contribution in [2.75, 3.05) is 15.8 Å². The Bertz CT molecular complexity index is 2000. The van der Waals surface area contributed by atoms with Crippen molar-refractivity contribution in [3.63, 3.8) is 0 Å². The van der Waals surface area contributed by atoms with Crippen molar-refractivity contribution >= 4 is 38.1 Å². The van der Waals surface area contributed by atoms with Crippen molar-refractivity contribution in [2.24, 2.45) is 7.05 Å². The smallest absolute Gasteiger partial charge is 0.337 e. The molecule has 206 valence electrons. The number of nitrogens with one attached hydrogen (secondary N) is 2. The van der Waals surface area contributed by atoms with Gasteiger partial charge in [-0.25, -0.2) is 22.2 Å². The lowest BCUT2D eigenvalue weighted by Crippen LogP contribution is -2.41. The minimum atomic E-state index is -3.63. The molecular formula is C28H26FN5O5S. The number of nitrogens with zero attached hydrogens (tertiary/aromatic N) is 3. The number of rotatable bonds is 8. The number of fused-ring (bicyclic) bond motifs is 1. The Morgan fingerprint density at radius 1 is 1.07 bits per heavy atom. The zero-order valence-corrected chi connectivity index (χ0v) is 22.6.